The van der Waals surface area contributed by atoms with Gasteiger partial charge in [0.15, 0.2) is 0 Å². The van der Waals surface area contributed by atoms with Crippen molar-refractivity contribution in [2.45, 2.75) is 11.8 Å². The number of aliphatic hydroxyl groups excluding tert-OH is 1. The van der Waals surface area contributed by atoms with Gasteiger partial charge in [0.2, 0.25) is 5.67 Å². The number of rotatable bonds is 4. The third kappa shape index (κ3) is 2.93. The van der Waals surface area contributed by atoms with Gasteiger partial charge in [-0.15, -0.1) is 0 Å². The molecule has 0 aliphatic rings. The molecule has 2 rings (SSSR count). The standard InChI is InChI=1S/C17H14FNO/c18-17(13-19,15-9-5-2-6-10-15)16(20)12-11-14-7-3-1-4-8-14/h1-12,16,20H/b12-11+. The quantitative estimate of drug-likeness (QED) is 0.922. The number of hydrogen-bond acceptors (Lipinski definition) is 2. The van der Waals surface area contributed by atoms with E-state index < -0.39 is 11.8 Å². The number of nitriles is 1. The van der Waals surface area contributed by atoms with E-state index in [9.17, 15) is 9.50 Å². The van der Waals surface area contributed by atoms with Gasteiger partial charge in [0, 0.05) is 5.56 Å². The summed E-state index contributed by atoms with van der Waals surface area (Å²) in [5, 5.41) is 19.1. The maximum Gasteiger partial charge on any atom is 0.250 e. The molecular formula is C17H14FNO. The Hall–Kier alpha value is -2.44. The zero-order valence-electron chi connectivity index (χ0n) is 10.8. The van der Waals surface area contributed by atoms with E-state index >= 15 is 0 Å². The fraction of sp³-hybridized carbons (Fsp3) is 0.118. The highest BCUT2D eigenvalue weighted by atomic mass is 19.1. The van der Waals surface area contributed by atoms with Crippen LogP contribution in [0.1, 0.15) is 11.1 Å². The zero-order chi connectivity index (χ0) is 14.4. The molecule has 2 aromatic rings. The van der Waals surface area contributed by atoms with E-state index in [1.807, 2.05) is 30.3 Å². The Morgan fingerprint density at radius 3 is 2.15 bits per heavy atom. The maximum absolute atomic E-state index is 14.7. The first-order valence-electron chi connectivity index (χ1n) is 6.24. The lowest BCUT2D eigenvalue weighted by Crippen LogP contribution is -2.32. The molecule has 0 fully saturated rings. The topological polar surface area (TPSA) is 44.0 Å². The highest BCUT2D eigenvalue weighted by molar-refractivity contribution is 5.50. The summed E-state index contributed by atoms with van der Waals surface area (Å²) in [7, 11) is 0. The minimum atomic E-state index is -2.45. The molecule has 0 aromatic heterocycles. The van der Waals surface area contributed by atoms with Crippen LogP contribution in [0.4, 0.5) is 4.39 Å². The molecule has 2 unspecified atom stereocenters. The predicted octanol–water partition coefficient (Wildman–Crippen LogP) is 3.45. The highest BCUT2D eigenvalue weighted by Gasteiger charge is 2.38. The molecule has 2 nitrogen and oxygen atoms in total. The first kappa shape index (κ1) is 14.0. The van der Waals surface area contributed by atoms with Gasteiger partial charge < -0.3 is 5.11 Å². The summed E-state index contributed by atoms with van der Waals surface area (Å²) < 4.78 is 14.7. The van der Waals surface area contributed by atoms with Crippen molar-refractivity contribution >= 4 is 6.08 Å². The first-order chi connectivity index (χ1) is 9.66. The summed E-state index contributed by atoms with van der Waals surface area (Å²) in [5.41, 5.74) is -1.47. The minimum Gasteiger partial charge on any atom is -0.384 e. The Morgan fingerprint density at radius 2 is 1.60 bits per heavy atom. The van der Waals surface area contributed by atoms with Crippen molar-refractivity contribution in [3.05, 3.63) is 77.9 Å². The van der Waals surface area contributed by atoms with Crippen LogP contribution < -0.4 is 0 Å². The third-order valence-corrected chi connectivity index (χ3v) is 3.03. The summed E-state index contributed by atoms with van der Waals surface area (Å²) in [6, 6.07) is 18.8. The molecule has 0 saturated heterocycles. The number of hydrogen-bond donors (Lipinski definition) is 1. The molecule has 3 heteroatoms. The van der Waals surface area contributed by atoms with Crippen LogP contribution in [0.15, 0.2) is 66.7 Å². The van der Waals surface area contributed by atoms with Crippen LogP contribution in [0.25, 0.3) is 6.08 Å². The van der Waals surface area contributed by atoms with Crippen LogP contribution in [0, 0.1) is 11.3 Å². The van der Waals surface area contributed by atoms with Crippen LogP contribution in [-0.2, 0) is 5.67 Å². The number of halogens is 1. The Morgan fingerprint density at radius 1 is 1.05 bits per heavy atom. The van der Waals surface area contributed by atoms with Crippen molar-refractivity contribution < 1.29 is 9.50 Å². The SMILES string of the molecule is N#CC(F)(c1ccccc1)C(O)/C=C/c1ccccc1. The van der Waals surface area contributed by atoms with E-state index in [0.717, 1.165) is 5.56 Å². The number of alkyl halides is 1. The van der Waals surface area contributed by atoms with Gasteiger partial charge in [0.25, 0.3) is 0 Å². The van der Waals surface area contributed by atoms with E-state index in [-0.39, 0.29) is 5.56 Å². The van der Waals surface area contributed by atoms with E-state index in [1.165, 1.54) is 18.2 Å². The summed E-state index contributed by atoms with van der Waals surface area (Å²) >= 11 is 0. The smallest absolute Gasteiger partial charge is 0.250 e. The van der Waals surface area contributed by atoms with Gasteiger partial charge in [-0.3, -0.25) is 0 Å². The lowest BCUT2D eigenvalue weighted by Gasteiger charge is -2.21. The monoisotopic (exact) mass is 267 g/mol. The third-order valence-electron chi connectivity index (χ3n) is 3.03. The number of aliphatic hydroxyl groups is 1. The van der Waals surface area contributed by atoms with Gasteiger partial charge in [0.1, 0.15) is 12.2 Å². The molecule has 0 bridgehead atoms. The van der Waals surface area contributed by atoms with Crippen LogP contribution in [0.3, 0.4) is 0 Å². The van der Waals surface area contributed by atoms with Crippen molar-refractivity contribution in [3.8, 4) is 6.07 Å². The van der Waals surface area contributed by atoms with Gasteiger partial charge in [0.05, 0.1) is 0 Å². The van der Waals surface area contributed by atoms with Crippen molar-refractivity contribution in [2.75, 3.05) is 0 Å². The van der Waals surface area contributed by atoms with Gasteiger partial charge >= 0.3 is 0 Å². The van der Waals surface area contributed by atoms with Crippen LogP contribution in [0.2, 0.25) is 0 Å². The average Bonchev–Trinajstić information content (AvgIpc) is 2.53. The van der Waals surface area contributed by atoms with E-state index in [1.54, 1.807) is 30.3 Å². The zero-order valence-corrected chi connectivity index (χ0v) is 10.8. The lowest BCUT2D eigenvalue weighted by atomic mass is 9.91. The maximum atomic E-state index is 14.7. The molecule has 0 aliphatic heterocycles. The van der Waals surface area contributed by atoms with Crippen LogP contribution >= 0.6 is 0 Å². The molecule has 20 heavy (non-hydrogen) atoms. The van der Waals surface area contributed by atoms with E-state index in [4.69, 9.17) is 5.26 Å². The van der Waals surface area contributed by atoms with Gasteiger partial charge in [-0.05, 0) is 5.56 Å². The fourth-order valence-corrected chi connectivity index (χ4v) is 1.88. The van der Waals surface area contributed by atoms with Gasteiger partial charge in [-0.2, -0.15) is 5.26 Å². The minimum absolute atomic E-state index is 0.146. The van der Waals surface area contributed by atoms with Gasteiger partial charge in [-0.25, -0.2) is 4.39 Å². The van der Waals surface area contributed by atoms with E-state index in [2.05, 4.69) is 0 Å². The second kappa shape index (κ2) is 6.14. The summed E-state index contributed by atoms with van der Waals surface area (Å²) in [6.45, 7) is 0. The Kier molecular flexibility index (Phi) is 4.29. The highest BCUT2D eigenvalue weighted by Crippen LogP contribution is 2.30. The largest absolute Gasteiger partial charge is 0.384 e. The Bertz CT molecular complexity index is 618. The fourth-order valence-electron chi connectivity index (χ4n) is 1.88. The Balaban J connectivity index is 2.24. The van der Waals surface area contributed by atoms with E-state index in [0.29, 0.717) is 0 Å². The lowest BCUT2D eigenvalue weighted by molar-refractivity contribution is 0.0633. The van der Waals surface area contributed by atoms with Crippen molar-refractivity contribution in [1.82, 2.24) is 0 Å². The predicted molar refractivity (Wildman–Crippen MR) is 76.3 cm³/mol. The van der Waals surface area contributed by atoms with Crippen LogP contribution in [0.5, 0.6) is 0 Å². The molecule has 0 aliphatic carbocycles. The second-order valence-electron chi connectivity index (χ2n) is 4.40. The van der Waals surface area contributed by atoms with Crippen molar-refractivity contribution in [2.24, 2.45) is 0 Å². The molecule has 0 radical (unpaired) electrons. The molecule has 0 spiro atoms. The molecule has 2 aromatic carbocycles. The van der Waals surface area contributed by atoms with Gasteiger partial charge in [-0.1, -0.05) is 72.8 Å². The molecule has 100 valence electrons. The molecule has 0 saturated carbocycles. The molecular weight excluding hydrogens is 253 g/mol. The second-order valence-corrected chi connectivity index (χ2v) is 4.40. The number of nitrogens with zero attached hydrogens (tertiary/aromatic N) is 1. The molecule has 1 N–H and O–H groups in total. The normalized spacial score (nSPS) is 15.4. The Labute approximate surface area is 117 Å². The molecule has 0 amide bonds. The summed E-state index contributed by atoms with van der Waals surface area (Å²) in [4.78, 5) is 0. The summed E-state index contributed by atoms with van der Waals surface area (Å²) in [5.74, 6) is 0. The first-order valence-corrected chi connectivity index (χ1v) is 6.24. The van der Waals surface area contributed by atoms with Crippen LogP contribution in [-0.4, -0.2) is 11.2 Å². The van der Waals surface area contributed by atoms with Crippen molar-refractivity contribution in [3.63, 3.8) is 0 Å². The average molecular weight is 267 g/mol. The van der Waals surface area contributed by atoms with Crippen molar-refractivity contribution in [1.29, 1.82) is 5.26 Å². The molecule has 0 heterocycles. The number of benzene rings is 2. The molecule has 2 atom stereocenters. The summed E-state index contributed by atoms with van der Waals surface area (Å²) in [6.07, 6.45) is 1.36.